The molecule has 0 bridgehead atoms. The Morgan fingerprint density at radius 2 is 2.16 bits per heavy atom. The smallest absolute Gasteiger partial charge is 0.323 e. The van der Waals surface area contributed by atoms with Crippen LogP contribution in [0, 0.1) is 12.8 Å². The largest absolute Gasteiger partial charge is 0.325 e. The summed E-state index contributed by atoms with van der Waals surface area (Å²) in [5.74, 6) is -0.589. The third-order valence-electron chi connectivity index (χ3n) is 5.20. The molecule has 2 atom stereocenters. The first-order valence-corrected chi connectivity index (χ1v) is 9.33. The van der Waals surface area contributed by atoms with Crippen molar-refractivity contribution in [3.63, 3.8) is 0 Å². The molecule has 6 nitrogen and oxygen atoms in total. The van der Waals surface area contributed by atoms with Gasteiger partial charge in [0, 0.05) is 4.47 Å². The van der Waals surface area contributed by atoms with E-state index in [2.05, 4.69) is 26.6 Å². The summed E-state index contributed by atoms with van der Waals surface area (Å²) in [4.78, 5) is 38.5. The average molecular weight is 408 g/mol. The van der Waals surface area contributed by atoms with Crippen LogP contribution in [0.25, 0.3) is 0 Å². The predicted octanol–water partition coefficient (Wildman–Crippen LogP) is 3.20. The second-order valence-corrected chi connectivity index (χ2v) is 7.83. The number of nitrogens with zero attached hydrogens (tertiary/aromatic N) is 1. The summed E-state index contributed by atoms with van der Waals surface area (Å²) in [7, 11) is 0. The molecule has 1 saturated carbocycles. The Morgan fingerprint density at radius 1 is 1.40 bits per heavy atom. The molecule has 2 fully saturated rings. The molecule has 25 heavy (non-hydrogen) atoms. The van der Waals surface area contributed by atoms with E-state index in [4.69, 9.17) is 0 Å². The van der Waals surface area contributed by atoms with Crippen LogP contribution < -0.4 is 10.6 Å². The van der Waals surface area contributed by atoms with Gasteiger partial charge in [0.25, 0.3) is 5.91 Å². The van der Waals surface area contributed by atoms with Crippen molar-refractivity contribution in [2.24, 2.45) is 5.92 Å². The van der Waals surface area contributed by atoms with Gasteiger partial charge < -0.3 is 10.6 Å². The van der Waals surface area contributed by atoms with Crippen molar-refractivity contribution in [1.82, 2.24) is 10.2 Å². The summed E-state index contributed by atoms with van der Waals surface area (Å²) >= 11 is 3.40. The number of carbonyl (C=O) groups is 3. The molecule has 2 aliphatic rings. The van der Waals surface area contributed by atoms with Gasteiger partial charge in [0.15, 0.2) is 0 Å². The first-order chi connectivity index (χ1) is 11.8. The second kappa shape index (κ2) is 6.78. The third kappa shape index (κ3) is 3.29. The van der Waals surface area contributed by atoms with E-state index < -0.39 is 17.5 Å². The number of carbonyl (C=O) groups excluding carboxylic acids is 3. The molecular weight excluding hydrogens is 386 g/mol. The maximum Gasteiger partial charge on any atom is 0.325 e. The van der Waals surface area contributed by atoms with Gasteiger partial charge in [-0.15, -0.1) is 0 Å². The first-order valence-electron chi connectivity index (χ1n) is 8.53. The highest BCUT2D eigenvalue weighted by Crippen LogP contribution is 2.38. The van der Waals surface area contributed by atoms with Crippen LogP contribution in [0.5, 0.6) is 0 Å². The zero-order chi connectivity index (χ0) is 18.2. The van der Waals surface area contributed by atoms with Gasteiger partial charge in [-0.25, -0.2) is 4.79 Å². The number of benzene rings is 1. The van der Waals surface area contributed by atoms with Gasteiger partial charge in [0.2, 0.25) is 5.91 Å². The lowest BCUT2D eigenvalue weighted by Crippen LogP contribution is -2.54. The van der Waals surface area contributed by atoms with E-state index >= 15 is 0 Å². The number of halogens is 1. The van der Waals surface area contributed by atoms with Crippen molar-refractivity contribution >= 4 is 39.5 Å². The topological polar surface area (TPSA) is 78.5 Å². The molecule has 0 aromatic heterocycles. The summed E-state index contributed by atoms with van der Waals surface area (Å²) in [6.45, 7) is 3.66. The van der Waals surface area contributed by atoms with Crippen LogP contribution in [0.4, 0.5) is 10.5 Å². The first kappa shape index (κ1) is 17.9. The van der Waals surface area contributed by atoms with E-state index in [0.717, 1.165) is 34.2 Å². The molecule has 1 aliphatic carbocycles. The molecule has 3 rings (SSSR count). The summed E-state index contributed by atoms with van der Waals surface area (Å²) in [6.07, 6.45) is 3.52. The summed E-state index contributed by atoms with van der Waals surface area (Å²) in [5.41, 5.74) is 0.843. The molecule has 1 aromatic rings. The van der Waals surface area contributed by atoms with Gasteiger partial charge in [-0.05, 0) is 59.3 Å². The maximum atomic E-state index is 12.9. The number of hydrogen-bond acceptors (Lipinski definition) is 3. The summed E-state index contributed by atoms with van der Waals surface area (Å²) in [6, 6.07) is 5.08. The molecule has 2 N–H and O–H groups in total. The number of imide groups is 1. The van der Waals surface area contributed by atoms with E-state index in [0.29, 0.717) is 12.1 Å². The Morgan fingerprint density at radius 3 is 2.84 bits per heavy atom. The lowest BCUT2D eigenvalue weighted by molar-refractivity contribution is -0.136. The van der Waals surface area contributed by atoms with Gasteiger partial charge in [0.05, 0.1) is 5.69 Å². The van der Waals surface area contributed by atoms with Gasteiger partial charge in [-0.2, -0.15) is 0 Å². The Kier molecular flexibility index (Phi) is 4.86. The number of rotatable bonds is 3. The molecule has 1 spiro atoms. The highest BCUT2D eigenvalue weighted by molar-refractivity contribution is 9.10. The van der Waals surface area contributed by atoms with Crippen molar-refractivity contribution in [3.8, 4) is 0 Å². The Balaban J connectivity index is 1.71. The van der Waals surface area contributed by atoms with Crippen LogP contribution in [0.1, 0.15) is 38.2 Å². The SMILES string of the molecule is Cc1ccc(NC(=O)CN2C(=O)NC3(CCCCC3C)C2=O)c(Br)c1. The highest BCUT2D eigenvalue weighted by atomic mass is 79.9. The molecule has 0 radical (unpaired) electrons. The average Bonchev–Trinajstić information content (AvgIpc) is 2.78. The molecule has 1 heterocycles. The minimum atomic E-state index is -0.833. The van der Waals surface area contributed by atoms with Crippen molar-refractivity contribution in [1.29, 1.82) is 0 Å². The van der Waals surface area contributed by atoms with Gasteiger partial charge in [-0.1, -0.05) is 25.8 Å². The van der Waals surface area contributed by atoms with Crippen LogP contribution in [0.15, 0.2) is 22.7 Å². The Labute approximate surface area is 155 Å². The zero-order valence-corrected chi connectivity index (χ0v) is 16.0. The molecule has 7 heteroatoms. The van der Waals surface area contributed by atoms with E-state index in [1.807, 2.05) is 26.0 Å². The van der Waals surface area contributed by atoms with Gasteiger partial charge in [0.1, 0.15) is 12.1 Å². The summed E-state index contributed by atoms with van der Waals surface area (Å²) < 4.78 is 0.760. The normalized spacial score (nSPS) is 26.0. The monoisotopic (exact) mass is 407 g/mol. The standard InChI is InChI=1S/C18H22BrN3O3/c1-11-6-7-14(13(19)9-11)20-15(23)10-22-16(24)18(21-17(22)25)8-4-3-5-12(18)2/h6-7,9,12H,3-5,8,10H2,1-2H3,(H,20,23)(H,21,25). The van der Waals surface area contributed by atoms with Crippen molar-refractivity contribution < 1.29 is 14.4 Å². The quantitative estimate of drug-likeness (QED) is 0.755. The van der Waals surface area contributed by atoms with Gasteiger partial charge in [-0.3, -0.25) is 14.5 Å². The number of aryl methyl sites for hydroxylation is 1. The van der Waals surface area contributed by atoms with Crippen LogP contribution in [0.3, 0.4) is 0 Å². The lowest BCUT2D eigenvalue weighted by Gasteiger charge is -2.36. The van der Waals surface area contributed by atoms with E-state index in [-0.39, 0.29) is 18.4 Å². The molecule has 1 aromatic carbocycles. The number of hydrogen-bond donors (Lipinski definition) is 2. The fourth-order valence-corrected chi connectivity index (χ4v) is 4.29. The Hall–Kier alpha value is -1.89. The minimum absolute atomic E-state index is 0.0806. The number of urea groups is 1. The molecule has 1 aliphatic heterocycles. The maximum absolute atomic E-state index is 12.9. The van der Waals surface area contributed by atoms with Crippen molar-refractivity contribution in [2.45, 2.75) is 45.1 Å². The van der Waals surface area contributed by atoms with E-state index in [1.165, 1.54) is 0 Å². The van der Waals surface area contributed by atoms with Gasteiger partial charge >= 0.3 is 6.03 Å². The second-order valence-electron chi connectivity index (χ2n) is 6.97. The van der Waals surface area contributed by atoms with Crippen LogP contribution in [-0.4, -0.2) is 34.8 Å². The zero-order valence-electron chi connectivity index (χ0n) is 14.4. The van der Waals surface area contributed by atoms with Crippen LogP contribution in [-0.2, 0) is 9.59 Å². The fourth-order valence-electron chi connectivity index (χ4n) is 3.69. The number of amides is 4. The minimum Gasteiger partial charge on any atom is -0.323 e. The molecule has 4 amide bonds. The predicted molar refractivity (Wildman–Crippen MR) is 98.1 cm³/mol. The number of anilines is 1. The molecule has 1 saturated heterocycles. The van der Waals surface area contributed by atoms with E-state index in [1.54, 1.807) is 6.07 Å². The van der Waals surface area contributed by atoms with Crippen molar-refractivity contribution in [3.05, 3.63) is 28.2 Å². The molecule has 134 valence electrons. The number of nitrogens with one attached hydrogen (secondary N) is 2. The third-order valence-corrected chi connectivity index (χ3v) is 5.86. The lowest BCUT2D eigenvalue weighted by atomic mass is 9.73. The molecule has 2 unspecified atom stereocenters. The van der Waals surface area contributed by atoms with E-state index in [9.17, 15) is 14.4 Å². The molecular formula is C18H22BrN3O3. The summed E-state index contributed by atoms with van der Waals surface area (Å²) in [5, 5.41) is 5.60. The van der Waals surface area contributed by atoms with Crippen molar-refractivity contribution in [2.75, 3.05) is 11.9 Å². The fraction of sp³-hybridized carbons (Fsp3) is 0.500. The highest BCUT2D eigenvalue weighted by Gasteiger charge is 2.55. The Bertz CT molecular complexity index is 736. The van der Waals surface area contributed by atoms with Crippen LogP contribution in [0.2, 0.25) is 0 Å². The van der Waals surface area contributed by atoms with Crippen LogP contribution >= 0.6 is 15.9 Å².